The fourth-order valence-corrected chi connectivity index (χ4v) is 4.27. The molecule has 3 rings (SSSR count). The van der Waals surface area contributed by atoms with E-state index in [4.69, 9.17) is 0 Å². The van der Waals surface area contributed by atoms with Crippen molar-refractivity contribution in [3.8, 4) is 0 Å². The van der Waals surface area contributed by atoms with Gasteiger partial charge in [-0.25, -0.2) is 4.39 Å². The summed E-state index contributed by atoms with van der Waals surface area (Å²) in [6.45, 7) is 6.70. The van der Waals surface area contributed by atoms with Crippen molar-refractivity contribution < 1.29 is 9.18 Å². The topological polar surface area (TPSA) is 20.3 Å². The van der Waals surface area contributed by atoms with Crippen molar-refractivity contribution in [3.63, 3.8) is 0 Å². The lowest BCUT2D eigenvalue weighted by Crippen LogP contribution is -2.57. The maximum Gasteiger partial charge on any atom is 0.238 e. The highest BCUT2D eigenvalue weighted by Crippen LogP contribution is 2.61. The van der Waals surface area contributed by atoms with Gasteiger partial charge in [-0.2, -0.15) is 0 Å². The molecule has 2 aliphatic rings. The van der Waals surface area contributed by atoms with Gasteiger partial charge in [0.2, 0.25) is 5.91 Å². The first-order chi connectivity index (χ1) is 9.08. The standard InChI is InChI=1S/C16H20FNO/c1-4-11-9-10(3)16(11)12-7-6-8-13(17)14(12)18(5-2)15(16)19/h6-8,10-11H,4-5,9H2,1-3H3. The summed E-state index contributed by atoms with van der Waals surface area (Å²) < 4.78 is 14.2. The highest BCUT2D eigenvalue weighted by molar-refractivity contribution is 6.09. The van der Waals surface area contributed by atoms with Crippen molar-refractivity contribution in [1.29, 1.82) is 0 Å². The van der Waals surface area contributed by atoms with Gasteiger partial charge in [-0.15, -0.1) is 0 Å². The maximum atomic E-state index is 14.2. The Morgan fingerprint density at radius 2 is 2.16 bits per heavy atom. The van der Waals surface area contributed by atoms with Crippen molar-refractivity contribution in [3.05, 3.63) is 29.6 Å². The summed E-state index contributed by atoms with van der Waals surface area (Å²) in [5, 5.41) is 0. The van der Waals surface area contributed by atoms with Gasteiger partial charge < -0.3 is 4.90 Å². The van der Waals surface area contributed by atoms with Gasteiger partial charge in [-0.05, 0) is 36.8 Å². The van der Waals surface area contributed by atoms with E-state index < -0.39 is 5.41 Å². The van der Waals surface area contributed by atoms with Gasteiger partial charge in [-0.1, -0.05) is 32.4 Å². The zero-order valence-electron chi connectivity index (χ0n) is 11.7. The minimum Gasteiger partial charge on any atom is -0.309 e. The van der Waals surface area contributed by atoms with Gasteiger partial charge in [0, 0.05) is 6.54 Å². The van der Waals surface area contributed by atoms with Crippen molar-refractivity contribution in [2.24, 2.45) is 11.8 Å². The molecule has 0 bridgehead atoms. The second-order valence-electron chi connectivity index (χ2n) is 5.80. The number of likely N-dealkylation sites (N-methyl/N-ethyl adjacent to an activating group) is 1. The van der Waals surface area contributed by atoms with E-state index in [1.807, 2.05) is 13.0 Å². The van der Waals surface area contributed by atoms with Crippen LogP contribution in [-0.2, 0) is 10.2 Å². The lowest BCUT2D eigenvalue weighted by molar-refractivity contribution is -0.134. The van der Waals surface area contributed by atoms with Gasteiger partial charge in [0.1, 0.15) is 5.82 Å². The fraction of sp³-hybridized carbons (Fsp3) is 0.562. The molecule has 102 valence electrons. The lowest BCUT2D eigenvalue weighted by Gasteiger charge is -2.51. The van der Waals surface area contributed by atoms with Gasteiger partial charge in [0.25, 0.3) is 0 Å². The molecule has 0 aromatic heterocycles. The SMILES string of the molecule is CCC1CC(C)C12C(=O)N(CC)c1c(F)cccc12. The molecule has 0 N–H and O–H groups in total. The average molecular weight is 261 g/mol. The Balaban J connectivity index is 2.24. The largest absolute Gasteiger partial charge is 0.309 e. The van der Waals surface area contributed by atoms with E-state index in [9.17, 15) is 9.18 Å². The second-order valence-corrected chi connectivity index (χ2v) is 5.80. The van der Waals surface area contributed by atoms with E-state index in [2.05, 4.69) is 13.8 Å². The highest BCUT2D eigenvalue weighted by atomic mass is 19.1. The third kappa shape index (κ3) is 1.28. The molecular formula is C16H20FNO. The molecule has 1 heterocycles. The second kappa shape index (κ2) is 4.06. The highest BCUT2D eigenvalue weighted by Gasteiger charge is 2.64. The van der Waals surface area contributed by atoms with Crippen LogP contribution in [0.3, 0.4) is 0 Å². The number of rotatable bonds is 2. The Morgan fingerprint density at radius 1 is 1.42 bits per heavy atom. The van der Waals surface area contributed by atoms with E-state index in [1.54, 1.807) is 11.0 Å². The van der Waals surface area contributed by atoms with Crippen LogP contribution in [0.25, 0.3) is 0 Å². The number of benzene rings is 1. The summed E-state index contributed by atoms with van der Waals surface area (Å²) in [4.78, 5) is 14.5. The normalized spacial score (nSPS) is 32.6. The van der Waals surface area contributed by atoms with Crippen LogP contribution in [0.4, 0.5) is 10.1 Å². The Labute approximate surface area is 113 Å². The Hall–Kier alpha value is -1.38. The number of hydrogen-bond acceptors (Lipinski definition) is 1. The molecule has 0 radical (unpaired) electrons. The number of hydrogen-bond donors (Lipinski definition) is 0. The molecule has 1 aliphatic carbocycles. The number of halogens is 1. The van der Waals surface area contributed by atoms with E-state index in [0.29, 0.717) is 24.1 Å². The number of amides is 1. The average Bonchev–Trinajstić information content (AvgIpc) is 2.67. The molecule has 1 saturated carbocycles. The molecule has 1 aromatic carbocycles. The van der Waals surface area contributed by atoms with Gasteiger partial charge >= 0.3 is 0 Å². The summed E-state index contributed by atoms with van der Waals surface area (Å²) in [6.07, 6.45) is 2.04. The van der Waals surface area contributed by atoms with Crippen LogP contribution in [0.5, 0.6) is 0 Å². The quantitative estimate of drug-likeness (QED) is 0.798. The van der Waals surface area contributed by atoms with E-state index >= 15 is 0 Å². The van der Waals surface area contributed by atoms with Crippen LogP contribution in [0.15, 0.2) is 18.2 Å². The number of nitrogens with zero attached hydrogens (tertiary/aromatic N) is 1. The Kier molecular flexibility index (Phi) is 2.70. The van der Waals surface area contributed by atoms with Crippen LogP contribution >= 0.6 is 0 Å². The molecule has 19 heavy (non-hydrogen) atoms. The third-order valence-corrected chi connectivity index (χ3v) is 5.17. The molecule has 1 aromatic rings. The number of fused-ring (bicyclic) bond motifs is 2. The molecule has 0 saturated heterocycles. The van der Waals surface area contributed by atoms with Crippen molar-refractivity contribution in [2.45, 2.75) is 39.0 Å². The fourth-order valence-electron chi connectivity index (χ4n) is 4.27. The van der Waals surface area contributed by atoms with Crippen LogP contribution in [-0.4, -0.2) is 12.5 Å². The lowest BCUT2D eigenvalue weighted by atomic mass is 9.50. The number of para-hydroxylation sites is 1. The third-order valence-electron chi connectivity index (χ3n) is 5.17. The predicted molar refractivity (Wildman–Crippen MR) is 73.7 cm³/mol. The number of carbonyl (C=O) groups is 1. The molecule has 2 nitrogen and oxygen atoms in total. The summed E-state index contributed by atoms with van der Waals surface area (Å²) in [7, 11) is 0. The molecule has 1 aliphatic heterocycles. The monoisotopic (exact) mass is 261 g/mol. The van der Waals surface area contributed by atoms with Crippen LogP contribution in [0, 0.1) is 17.7 Å². The van der Waals surface area contributed by atoms with Crippen molar-refractivity contribution in [1.82, 2.24) is 0 Å². The molecule has 1 spiro atoms. The minimum atomic E-state index is -0.456. The molecule has 1 fully saturated rings. The predicted octanol–water partition coefficient (Wildman–Crippen LogP) is 3.50. The summed E-state index contributed by atoms with van der Waals surface area (Å²) in [6, 6.07) is 5.14. The van der Waals surface area contributed by atoms with Crippen LogP contribution < -0.4 is 4.90 Å². The Bertz CT molecular complexity index is 542. The van der Waals surface area contributed by atoms with E-state index in [0.717, 1.165) is 18.4 Å². The van der Waals surface area contributed by atoms with Gasteiger partial charge in [0.15, 0.2) is 0 Å². The van der Waals surface area contributed by atoms with E-state index in [-0.39, 0.29) is 11.7 Å². The van der Waals surface area contributed by atoms with E-state index in [1.165, 1.54) is 6.07 Å². The molecule has 3 heteroatoms. The summed E-state index contributed by atoms with van der Waals surface area (Å²) in [5.74, 6) is 0.508. The minimum absolute atomic E-state index is 0.112. The summed E-state index contributed by atoms with van der Waals surface area (Å²) in [5.41, 5.74) is 0.993. The van der Waals surface area contributed by atoms with Crippen LogP contribution in [0.2, 0.25) is 0 Å². The van der Waals surface area contributed by atoms with Crippen molar-refractivity contribution in [2.75, 3.05) is 11.4 Å². The van der Waals surface area contributed by atoms with Gasteiger partial charge in [0.05, 0.1) is 11.1 Å². The zero-order chi connectivity index (χ0) is 13.8. The first kappa shape index (κ1) is 12.6. The first-order valence-corrected chi connectivity index (χ1v) is 7.19. The van der Waals surface area contributed by atoms with Crippen molar-refractivity contribution >= 4 is 11.6 Å². The molecule has 3 unspecified atom stereocenters. The first-order valence-electron chi connectivity index (χ1n) is 7.19. The molecular weight excluding hydrogens is 241 g/mol. The number of carbonyl (C=O) groups excluding carboxylic acids is 1. The smallest absolute Gasteiger partial charge is 0.238 e. The maximum absolute atomic E-state index is 14.2. The zero-order valence-corrected chi connectivity index (χ0v) is 11.7. The molecule has 1 amide bonds. The molecule has 3 atom stereocenters. The number of anilines is 1. The van der Waals surface area contributed by atoms with Crippen LogP contribution in [0.1, 0.15) is 39.2 Å². The summed E-state index contributed by atoms with van der Waals surface area (Å²) >= 11 is 0. The Morgan fingerprint density at radius 3 is 2.74 bits per heavy atom. The van der Waals surface area contributed by atoms with Gasteiger partial charge in [-0.3, -0.25) is 4.79 Å².